The predicted molar refractivity (Wildman–Crippen MR) is 88.7 cm³/mol. The molecule has 0 heterocycles. The number of hydrogen-bond donors (Lipinski definition) is 2. The van der Waals surface area contributed by atoms with Gasteiger partial charge in [0.15, 0.2) is 0 Å². The highest BCUT2D eigenvalue weighted by molar-refractivity contribution is 6.03. The third kappa shape index (κ3) is 4.06. The Balaban J connectivity index is 2.06. The van der Waals surface area contributed by atoms with Crippen LogP contribution in [0.1, 0.15) is 21.5 Å². The van der Waals surface area contributed by atoms with Crippen LogP contribution < -0.4 is 10.6 Å². The van der Waals surface area contributed by atoms with Crippen molar-refractivity contribution in [3.05, 3.63) is 71.3 Å². The lowest BCUT2D eigenvalue weighted by molar-refractivity contribution is -0.111. The van der Waals surface area contributed by atoms with Crippen LogP contribution in [0.15, 0.2) is 54.6 Å². The summed E-state index contributed by atoms with van der Waals surface area (Å²) in [5.41, 5.74) is 3.06. The normalized spacial score (nSPS) is 10.5. The van der Waals surface area contributed by atoms with E-state index in [0.29, 0.717) is 11.3 Å². The van der Waals surface area contributed by atoms with Gasteiger partial charge < -0.3 is 10.6 Å². The van der Waals surface area contributed by atoms with Crippen molar-refractivity contribution >= 4 is 23.6 Å². The molecule has 2 aromatic carbocycles. The fourth-order valence-corrected chi connectivity index (χ4v) is 2.00. The Morgan fingerprint density at radius 2 is 1.77 bits per heavy atom. The first-order valence-electron chi connectivity index (χ1n) is 6.97. The van der Waals surface area contributed by atoms with E-state index in [2.05, 4.69) is 10.6 Å². The molecule has 2 rings (SSSR count). The molecular formula is C18H18N2O2. The fourth-order valence-electron chi connectivity index (χ4n) is 2.00. The molecular weight excluding hydrogens is 276 g/mol. The lowest BCUT2D eigenvalue weighted by Crippen LogP contribution is -2.18. The van der Waals surface area contributed by atoms with Crippen LogP contribution in [0.25, 0.3) is 6.08 Å². The van der Waals surface area contributed by atoms with Gasteiger partial charge in [-0.15, -0.1) is 0 Å². The van der Waals surface area contributed by atoms with Gasteiger partial charge in [0.05, 0.1) is 0 Å². The van der Waals surface area contributed by atoms with Crippen LogP contribution in [0, 0.1) is 6.92 Å². The second kappa shape index (κ2) is 7.22. The molecule has 0 fully saturated rings. The summed E-state index contributed by atoms with van der Waals surface area (Å²) in [6.07, 6.45) is 3.24. The molecule has 0 aliphatic rings. The van der Waals surface area contributed by atoms with Crippen molar-refractivity contribution in [3.8, 4) is 0 Å². The van der Waals surface area contributed by atoms with Crippen LogP contribution in [-0.2, 0) is 4.79 Å². The Bertz CT molecular complexity index is 706. The standard InChI is InChI=1S/C18H18N2O2/c1-13-12-15(18(22)19-2)9-10-16(13)20-17(21)11-8-14-6-4-3-5-7-14/h3-12H,1-2H3,(H,19,22)(H,20,21)/b11-8+. The second-order valence-electron chi connectivity index (χ2n) is 4.84. The second-order valence-corrected chi connectivity index (χ2v) is 4.84. The van der Waals surface area contributed by atoms with Gasteiger partial charge in [-0.2, -0.15) is 0 Å². The van der Waals surface area contributed by atoms with Gasteiger partial charge in [-0.05, 0) is 42.3 Å². The largest absolute Gasteiger partial charge is 0.355 e. The number of carbonyl (C=O) groups excluding carboxylic acids is 2. The van der Waals surface area contributed by atoms with E-state index in [1.807, 2.05) is 37.3 Å². The Labute approximate surface area is 129 Å². The van der Waals surface area contributed by atoms with Crippen LogP contribution in [0.4, 0.5) is 5.69 Å². The molecule has 0 aliphatic heterocycles. The molecule has 0 saturated heterocycles. The lowest BCUT2D eigenvalue weighted by atomic mass is 10.1. The molecule has 0 aromatic heterocycles. The van der Waals surface area contributed by atoms with Crippen molar-refractivity contribution < 1.29 is 9.59 Å². The molecule has 0 saturated carbocycles. The summed E-state index contributed by atoms with van der Waals surface area (Å²) in [6, 6.07) is 14.8. The Kier molecular flexibility index (Phi) is 5.09. The van der Waals surface area contributed by atoms with E-state index >= 15 is 0 Å². The first-order chi connectivity index (χ1) is 10.6. The number of aryl methyl sites for hydroxylation is 1. The molecule has 0 atom stereocenters. The van der Waals surface area contributed by atoms with E-state index in [9.17, 15) is 9.59 Å². The number of nitrogens with one attached hydrogen (secondary N) is 2. The summed E-state index contributed by atoms with van der Waals surface area (Å²) in [4.78, 5) is 23.5. The summed E-state index contributed by atoms with van der Waals surface area (Å²) in [6.45, 7) is 1.85. The van der Waals surface area contributed by atoms with Crippen LogP contribution in [0.5, 0.6) is 0 Å². The SMILES string of the molecule is CNC(=O)c1ccc(NC(=O)/C=C/c2ccccc2)c(C)c1. The third-order valence-electron chi connectivity index (χ3n) is 3.20. The van der Waals surface area contributed by atoms with Crippen LogP contribution in [0.2, 0.25) is 0 Å². The van der Waals surface area contributed by atoms with Gasteiger partial charge >= 0.3 is 0 Å². The number of rotatable bonds is 4. The molecule has 2 aromatic rings. The molecule has 0 aliphatic carbocycles. The van der Waals surface area contributed by atoms with Crippen molar-refractivity contribution in [2.24, 2.45) is 0 Å². The van der Waals surface area contributed by atoms with Crippen LogP contribution in [0.3, 0.4) is 0 Å². The van der Waals surface area contributed by atoms with E-state index < -0.39 is 0 Å². The van der Waals surface area contributed by atoms with E-state index in [0.717, 1.165) is 11.1 Å². The monoisotopic (exact) mass is 294 g/mol. The third-order valence-corrected chi connectivity index (χ3v) is 3.20. The average Bonchev–Trinajstić information content (AvgIpc) is 2.55. The van der Waals surface area contributed by atoms with Gasteiger partial charge in [0.1, 0.15) is 0 Å². The predicted octanol–water partition coefficient (Wildman–Crippen LogP) is 3.01. The highest BCUT2D eigenvalue weighted by Crippen LogP contribution is 2.16. The minimum atomic E-state index is -0.209. The topological polar surface area (TPSA) is 58.2 Å². The smallest absolute Gasteiger partial charge is 0.251 e. The minimum Gasteiger partial charge on any atom is -0.355 e. The summed E-state index contributed by atoms with van der Waals surface area (Å²) in [7, 11) is 1.59. The van der Waals surface area contributed by atoms with Crippen molar-refractivity contribution in [1.29, 1.82) is 0 Å². The van der Waals surface area contributed by atoms with Gasteiger partial charge in [0, 0.05) is 24.4 Å². The van der Waals surface area contributed by atoms with Crippen LogP contribution in [-0.4, -0.2) is 18.9 Å². The highest BCUT2D eigenvalue weighted by Gasteiger charge is 2.07. The maximum absolute atomic E-state index is 11.9. The summed E-state index contributed by atoms with van der Waals surface area (Å²) in [5, 5.41) is 5.38. The zero-order chi connectivity index (χ0) is 15.9. The molecule has 0 radical (unpaired) electrons. The first-order valence-corrected chi connectivity index (χ1v) is 6.97. The number of anilines is 1. The molecule has 2 N–H and O–H groups in total. The number of carbonyl (C=O) groups is 2. The zero-order valence-corrected chi connectivity index (χ0v) is 12.6. The van der Waals surface area contributed by atoms with E-state index in [1.165, 1.54) is 6.08 Å². The van der Waals surface area contributed by atoms with Gasteiger partial charge in [0.25, 0.3) is 5.91 Å². The van der Waals surface area contributed by atoms with E-state index in [-0.39, 0.29) is 11.8 Å². The molecule has 4 heteroatoms. The summed E-state index contributed by atoms with van der Waals surface area (Å²) in [5.74, 6) is -0.357. The minimum absolute atomic E-state index is 0.148. The quantitative estimate of drug-likeness (QED) is 0.852. The number of hydrogen-bond acceptors (Lipinski definition) is 2. The van der Waals surface area contributed by atoms with Gasteiger partial charge in [-0.25, -0.2) is 0 Å². The van der Waals surface area contributed by atoms with Crippen molar-refractivity contribution in [2.45, 2.75) is 6.92 Å². The first kappa shape index (κ1) is 15.5. The molecule has 22 heavy (non-hydrogen) atoms. The van der Waals surface area contributed by atoms with Gasteiger partial charge in [-0.3, -0.25) is 9.59 Å². The zero-order valence-electron chi connectivity index (χ0n) is 12.6. The summed E-state index contributed by atoms with van der Waals surface area (Å²) < 4.78 is 0. The fraction of sp³-hybridized carbons (Fsp3) is 0.111. The van der Waals surface area contributed by atoms with Gasteiger partial charge in [-0.1, -0.05) is 30.3 Å². The molecule has 0 unspecified atom stereocenters. The van der Waals surface area contributed by atoms with Crippen molar-refractivity contribution in [1.82, 2.24) is 5.32 Å². The van der Waals surface area contributed by atoms with Gasteiger partial charge in [0.2, 0.25) is 5.91 Å². The van der Waals surface area contributed by atoms with Crippen molar-refractivity contribution in [2.75, 3.05) is 12.4 Å². The number of amides is 2. The Morgan fingerprint density at radius 3 is 2.41 bits per heavy atom. The molecule has 0 bridgehead atoms. The van der Waals surface area contributed by atoms with Crippen molar-refractivity contribution in [3.63, 3.8) is 0 Å². The number of benzene rings is 2. The maximum Gasteiger partial charge on any atom is 0.251 e. The molecule has 112 valence electrons. The Hall–Kier alpha value is -2.88. The highest BCUT2D eigenvalue weighted by atomic mass is 16.2. The molecule has 0 spiro atoms. The summed E-state index contributed by atoms with van der Waals surface area (Å²) >= 11 is 0. The van der Waals surface area contributed by atoms with E-state index in [4.69, 9.17) is 0 Å². The maximum atomic E-state index is 11.9. The Morgan fingerprint density at radius 1 is 1.05 bits per heavy atom. The van der Waals surface area contributed by atoms with Crippen LogP contribution >= 0.6 is 0 Å². The lowest BCUT2D eigenvalue weighted by Gasteiger charge is -2.08. The average molecular weight is 294 g/mol. The van der Waals surface area contributed by atoms with E-state index in [1.54, 1.807) is 31.3 Å². The molecule has 2 amide bonds. The molecule has 4 nitrogen and oxygen atoms in total.